The van der Waals surface area contributed by atoms with Crippen LogP contribution in [0.25, 0.3) is 10.9 Å². The molecule has 0 saturated carbocycles. The van der Waals surface area contributed by atoms with Crippen LogP contribution in [0.15, 0.2) is 30.5 Å². The summed E-state index contributed by atoms with van der Waals surface area (Å²) in [5, 5.41) is 25.8. The van der Waals surface area contributed by atoms with Gasteiger partial charge in [0.1, 0.15) is 11.6 Å². The normalized spacial score (nSPS) is 12.3. The fourth-order valence-corrected chi connectivity index (χ4v) is 2.11. The van der Waals surface area contributed by atoms with Crippen LogP contribution in [0, 0.1) is 10.1 Å². The Morgan fingerprint density at radius 3 is 3.00 bits per heavy atom. The quantitative estimate of drug-likeness (QED) is 0.391. The van der Waals surface area contributed by atoms with E-state index in [0.717, 1.165) is 12.2 Å². The molecular formula is C14H19N4O3+. The van der Waals surface area contributed by atoms with E-state index in [4.69, 9.17) is 5.11 Å². The standard InChI is InChI=1S/C14H18N4O3/c1-10(9-19)15-7-8-16-12-4-5-13(18(20)21)11-3-2-6-17-14(11)12/h2-6,10,15-16,19H,7-9H2,1H3/p+1/t10-/m1/s1. The summed E-state index contributed by atoms with van der Waals surface area (Å²) in [5.74, 6) is 0. The van der Waals surface area contributed by atoms with Gasteiger partial charge in [-0.2, -0.15) is 0 Å². The van der Waals surface area contributed by atoms with Crippen LogP contribution >= 0.6 is 0 Å². The number of rotatable bonds is 7. The molecule has 1 aromatic carbocycles. The highest BCUT2D eigenvalue weighted by Gasteiger charge is 2.14. The number of aromatic nitrogens is 1. The Morgan fingerprint density at radius 2 is 2.29 bits per heavy atom. The summed E-state index contributed by atoms with van der Waals surface area (Å²) in [5.41, 5.74) is 1.44. The molecule has 1 heterocycles. The first-order valence-electron chi connectivity index (χ1n) is 6.83. The number of nitrogens with one attached hydrogen (secondary N) is 1. The van der Waals surface area contributed by atoms with Crippen molar-refractivity contribution in [1.82, 2.24) is 4.98 Å². The lowest BCUT2D eigenvalue weighted by atomic mass is 10.1. The predicted molar refractivity (Wildman–Crippen MR) is 80.2 cm³/mol. The Balaban J connectivity index is 2.14. The molecule has 21 heavy (non-hydrogen) atoms. The van der Waals surface area contributed by atoms with Gasteiger partial charge in [-0.05, 0) is 25.1 Å². The Kier molecular flexibility index (Phi) is 5.02. The fourth-order valence-electron chi connectivity index (χ4n) is 2.11. The van der Waals surface area contributed by atoms with E-state index < -0.39 is 4.92 Å². The van der Waals surface area contributed by atoms with Crippen LogP contribution in [-0.4, -0.2) is 40.8 Å². The van der Waals surface area contributed by atoms with Gasteiger partial charge in [-0.25, -0.2) is 0 Å². The highest BCUT2D eigenvalue weighted by Crippen LogP contribution is 2.29. The zero-order valence-corrected chi connectivity index (χ0v) is 11.8. The molecule has 0 bridgehead atoms. The number of pyridine rings is 1. The third-order valence-corrected chi connectivity index (χ3v) is 3.26. The molecule has 0 aliphatic heterocycles. The van der Waals surface area contributed by atoms with Gasteiger partial charge in [0, 0.05) is 12.3 Å². The van der Waals surface area contributed by atoms with E-state index >= 15 is 0 Å². The van der Waals surface area contributed by atoms with Crippen molar-refractivity contribution >= 4 is 22.3 Å². The number of non-ortho nitro benzene ring substituents is 1. The van der Waals surface area contributed by atoms with E-state index in [0.29, 0.717) is 17.4 Å². The Hall–Kier alpha value is -2.25. The molecule has 1 atom stereocenters. The Bertz CT molecular complexity index is 633. The Labute approximate surface area is 122 Å². The lowest BCUT2D eigenvalue weighted by Crippen LogP contribution is -2.91. The summed E-state index contributed by atoms with van der Waals surface area (Å²) in [6.07, 6.45) is 1.62. The minimum atomic E-state index is -0.398. The lowest BCUT2D eigenvalue weighted by molar-refractivity contribution is -0.685. The van der Waals surface area contributed by atoms with Gasteiger partial charge in [0.15, 0.2) is 0 Å². The summed E-state index contributed by atoms with van der Waals surface area (Å²) < 4.78 is 0. The van der Waals surface area contributed by atoms with Gasteiger partial charge in [0.2, 0.25) is 0 Å². The number of quaternary nitrogens is 1. The van der Waals surface area contributed by atoms with Crippen LogP contribution in [0.3, 0.4) is 0 Å². The van der Waals surface area contributed by atoms with Crippen molar-refractivity contribution in [2.24, 2.45) is 0 Å². The van der Waals surface area contributed by atoms with Crippen LogP contribution < -0.4 is 10.6 Å². The number of hydrogen-bond acceptors (Lipinski definition) is 5. The van der Waals surface area contributed by atoms with E-state index in [9.17, 15) is 10.1 Å². The van der Waals surface area contributed by atoms with Crippen LogP contribution in [0.2, 0.25) is 0 Å². The minimum Gasteiger partial charge on any atom is -0.390 e. The summed E-state index contributed by atoms with van der Waals surface area (Å²) >= 11 is 0. The van der Waals surface area contributed by atoms with E-state index in [-0.39, 0.29) is 18.3 Å². The molecule has 0 spiro atoms. The number of nitrogens with two attached hydrogens (primary N) is 1. The third kappa shape index (κ3) is 3.65. The van der Waals surface area contributed by atoms with Crippen LogP contribution in [-0.2, 0) is 0 Å². The number of fused-ring (bicyclic) bond motifs is 1. The summed E-state index contributed by atoms with van der Waals surface area (Å²) in [6.45, 7) is 3.58. The largest absolute Gasteiger partial charge is 0.390 e. The summed E-state index contributed by atoms with van der Waals surface area (Å²) in [4.78, 5) is 14.9. The van der Waals surface area contributed by atoms with E-state index in [2.05, 4.69) is 10.3 Å². The SMILES string of the molecule is C[C@H](CO)[NH2+]CCNc1ccc([N+](=O)[O-])c2cccnc12. The smallest absolute Gasteiger partial charge is 0.278 e. The average molecular weight is 291 g/mol. The molecular weight excluding hydrogens is 272 g/mol. The maximum atomic E-state index is 11.0. The van der Waals surface area contributed by atoms with Crippen molar-refractivity contribution in [1.29, 1.82) is 0 Å². The fraction of sp³-hybridized carbons (Fsp3) is 0.357. The summed E-state index contributed by atoms with van der Waals surface area (Å²) in [6, 6.07) is 6.73. The van der Waals surface area contributed by atoms with Gasteiger partial charge in [-0.3, -0.25) is 15.1 Å². The molecule has 0 unspecified atom stereocenters. The monoisotopic (exact) mass is 291 g/mol. The van der Waals surface area contributed by atoms with Crippen molar-refractivity contribution in [3.05, 3.63) is 40.6 Å². The maximum Gasteiger partial charge on any atom is 0.278 e. The van der Waals surface area contributed by atoms with Crippen molar-refractivity contribution in [3.63, 3.8) is 0 Å². The molecule has 1 aromatic heterocycles. The molecule has 2 rings (SSSR count). The molecule has 0 aliphatic rings. The van der Waals surface area contributed by atoms with Crippen molar-refractivity contribution in [3.8, 4) is 0 Å². The van der Waals surface area contributed by atoms with Crippen molar-refractivity contribution in [2.75, 3.05) is 25.0 Å². The van der Waals surface area contributed by atoms with Gasteiger partial charge < -0.3 is 15.7 Å². The number of aliphatic hydroxyl groups is 1. The van der Waals surface area contributed by atoms with E-state index in [1.165, 1.54) is 6.07 Å². The predicted octanol–water partition coefficient (Wildman–Crippen LogP) is 0.499. The zero-order chi connectivity index (χ0) is 15.2. The first-order chi connectivity index (χ1) is 10.1. The molecule has 0 radical (unpaired) electrons. The minimum absolute atomic E-state index is 0.0594. The first kappa shape index (κ1) is 15.1. The number of hydrogen-bond donors (Lipinski definition) is 3. The van der Waals surface area contributed by atoms with Crippen LogP contribution in [0.4, 0.5) is 11.4 Å². The van der Waals surface area contributed by atoms with Gasteiger partial charge in [0.25, 0.3) is 5.69 Å². The second kappa shape index (κ2) is 6.96. The molecule has 0 saturated heterocycles. The van der Waals surface area contributed by atoms with Gasteiger partial charge in [-0.15, -0.1) is 0 Å². The van der Waals surface area contributed by atoms with E-state index in [1.807, 2.05) is 12.2 Å². The van der Waals surface area contributed by atoms with Crippen LogP contribution in [0.5, 0.6) is 0 Å². The number of aliphatic hydroxyl groups excluding tert-OH is 1. The second-order valence-electron chi connectivity index (χ2n) is 4.90. The molecule has 112 valence electrons. The lowest BCUT2D eigenvalue weighted by Gasteiger charge is -2.10. The molecule has 2 aromatic rings. The van der Waals surface area contributed by atoms with Crippen molar-refractivity contribution < 1.29 is 15.3 Å². The highest BCUT2D eigenvalue weighted by atomic mass is 16.6. The van der Waals surface area contributed by atoms with Gasteiger partial charge in [-0.1, -0.05) is 0 Å². The topological polar surface area (TPSA) is 105 Å². The second-order valence-corrected chi connectivity index (χ2v) is 4.90. The van der Waals surface area contributed by atoms with Gasteiger partial charge in [0.05, 0.1) is 35.7 Å². The number of anilines is 1. The van der Waals surface area contributed by atoms with E-state index in [1.54, 1.807) is 24.4 Å². The molecule has 0 fully saturated rings. The maximum absolute atomic E-state index is 11.0. The highest BCUT2D eigenvalue weighted by molar-refractivity contribution is 5.96. The molecule has 7 nitrogen and oxygen atoms in total. The number of nitro benzene ring substituents is 1. The number of benzene rings is 1. The Morgan fingerprint density at radius 1 is 1.48 bits per heavy atom. The summed E-state index contributed by atoms with van der Waals surface area (Å²) in [7, 11) is 0. The van der Waals surface area contributed by atoms with Crippen molar-refractivity contribution in [2.45, 2.75) is 13.0 Å². The van der Waals surface area contributed by atoms with Crippen LogP contribution in [0.1, 0.15) is 6.92 Å². The van der Waals surface area contributed by atoms with Gasteiger partial charge >= 0.3 is 0 Å². The molecule has 4 N–H and O–H groups in total. The number of nitro groups is 1. The third-order valence-electron chi connectivity index (χ3n) is 3.26. The molecule has 0 aliphatic carbocycles. The first-order valence-corrected chi connectivity index (χ1v) is 6.83. The average Bonchev–Trinajstić information content (AvgIpc) is 2.50. The molecule has 0 amide bonds. The zero-order valence-electron chi connectivity index (χ0n) is 11.8. The molecule has 7 heteroatoms. The number of nitrogens with zero attached hydrogens (tertiary/aromatic N) is 2.